The number of fused-ring (bicyclic) bond motifs is 1. The highest BCUT2D eigenvalue weighted by Crippen LogP contribution is 2.26. The van der Waals surface area contributed by atoms with Crippen molar-refractivity contribution in [3.63, 3.8) is 0 Å². The molecule has 130 valence electrons. The van der Waals surface area contributed by atoms with E-state index in [1.54, 1.807) is 0 Å². The molecule has 6 nitrogen and oxygen atoms in total. The quantitative estimate of drug-likeness (QED) is 0.769. The Morgan fingerprint density at radius 3 is 3.08 bits per heavy atom. The van der Waals surface area contributed by atoms with Crippen LogP contribution in [0.2, 0.25) is 0 Å². The number of likely N-dealkylation sites (tertiary alicyclic amines) is 1. The number of aromatic nitrogens is 3. The molecule has 0 spiro atoms. The lowest BCUT2D eigenvalue weighted by molar-refractivity contribution is 0.208. The average Bonchev–Trinajstić information content (AvgIpc) is 3.32. The molecule has 2 aromatic heterocycles. The zero-order valence-electron chi connectivity index (χ0n) is 14.4. The first-order chi connectivity index (χ1) is 12.2. The Morgan fingerprint density at radius 1 is 1.40 bits per heavy atom. The van der Waals surface area contributed by atoms with Gasteiger partial charge in [-0.05, 0) is 29.5 Å². The zero-order valence-corrected chi connectivity index (χ0v) is 14.4. The van der Waals surface area contributed by atoms with Crippen LogP contribution in [-0.4, -0.2) is 45.3 Å². The predicted molar refractivity (Wildman–Crippen MR) is 97.5 cm³/mol. The van der Waals surface area contributed by atoms with Crippen LogP contribution in [0.5, 0.6) is 0 Å². The van der Waals surface area contributed by atoms with Gasteiger partial charge < -0.3 is 15.2 Å². The highest BCUT2D eigenvalue weighted by Gasteiger charge is 2.27. The summed E-state index contributed by atoms with van der Waals surface area (Å²) in [5.74, 6) is 0.396. The van der Waals surface area contributed by atoms with Crippen LogP contribution in [0.25, 0.3) is 10.9 Å². The third kappa shape index (κ3) is 3.38. The van der Waals surface area contributed by atoms with Gasteiger partial charge in [0.25, 0.3) is 0 Å². The Bertz CT molecular complexity index is 848. The highest BCUT2D eigenvalue weighted by atomic mass is 16.2. The molecule has 4 rings (SSSR count). The minimum Gasteiger partial charge on any atom is -0.358 e. The van der Waals surface area contributed by atoms with Crippen molar-refractivity contribution >= 4 is 16.9 Å². The number of amides is 2. The number of nitrogens with one attached hydrogen (secondary N) is 2. The van der Waals surface area contributed by atoms with Crippen LogP contribution in [-0.2, 0) is 13.5 Å². The molecule has 3 aromatic rings. The van der Waals surface area contributed by atoms with Crippen molar-refractivity contribution in [1.82, 2.24) is 25.0 Å². The number of para-hydroxylation sites is 1. The van der Waals surface area contributed by atoms with E-state index < -0.39 is 0 Å². The van der Waals surface area contributed by atoms with Crippen LogP contribution < -0.4 is 5.32 Å². The number of carbonyl (C=O) groups is 1. The number of benzene rings is 1. The Morgan fingerprint density at radius 2 is 2.28 bits per heavy atom. The number of urea groups is 1. The van der Waals surface area contributed by atoms with Gasteiger partial charge in [0.05, 0.1) is 6.20 Å². The number of aryl methyl sites for hydroxylation is 1. The van der Waals surface area contributed by atoms with Crippen LogP contribution in [0.1, 0.15) is 23.6 Å². The summed E-state index contributed by atoms with van der Waals surface area (Å²) in [5, 5.41) is 8.48. The van der Waals surface area contributed by atoms with Crippen molar-refractivity contribution in [3.05, 3.63) is 54.0 Å². The Kier molecular flexibility index (Phi) is 4.17. The number of hydrogen-bond acceptors (Lipinski definition) is 2. The molecular weight excluding hydrogens is 314 g/mol. The summed E-state index contributed by atoms with van der Waals surface area (Å²) < 4.78 is 1.82. The minimum atomic E-state index is 0.0301. The fraction of sp³-hybridized carbons (Fsp3) is 0.368. The molecule has 1 aromatic carbocycles. The van der Waals surface area contributed by atoms with Gasteiger partial charge in [0.15, 0.2) is 0 Å². The van der Waals surface area contributed by atoms with E-state index in [0.717, 1.165) is 37.1 Å². The maximum Gasteiger partial charge on any atom is 0.317 e. The molecule has 3 heterocycles. The molecule has 1 atom stereocenters. The summed E-state index contributed by atoms with van der Waals surface area (Å²) in [6.45, 7) is 2.21. The average molecular weight is 337 g/mol. The van der Waals surface area contributed by atoms with Gasteiger partial charge in [0.2, 0.25) is 0 Å². The van der Waals surface area contributed by atoms with Gasteiger partial charge in [-0.25, -0.2) is 4.79 Å². The smallest absolute Gasteiger partial charge is 0.317 e. The predicted octanol–water partition coefficient (Wildman–Crippen LogP) is 2.64. The molecule has 0 aliphatic carbocycles. The lowest BCUT2D eigenvalue weighted by atomic mass is 10.0. The van der Waals surface area contributed by atoms with Crippen LogP contribution >= 0.6 is 0 Å². The third-order valence-electron chi connectivity index (χ3n) is 4.93. The summed E-state index contributed by atoms with van der Waals surface area (Å²) in [6, 6.07) is 10.4. The first-order valence-electron chi connectivity index (χ1n) is 8.77. The van der Waals surface area contributed by atoms with E-state index in [-0.39, 0.29) is 6.03 Å². The fourth-order valence-corrected chi connectivity index (χ4v) is 3.55. The number of nitrogens with zero attached hydrogens (tertiary/aromatic N) is 3. The summed E-state index contributed by atoms with van der Waals surface area (Å²) in [6.07, 6.45) is 5.76. The summed E-state index contributed by atoms with van der Waals surface area (Å²) in [4.78, 5) is 17.7. The van der Waals surface area contributed by atoms with E-state index in [1.807, 2.05) is 41.2 Å². The second-order valence-corrected chi connectivity index (χ2v) is 6.74. The van der Waals surface area contributed by atoms with Crippen LogP contribution in [0.4, 0.5) is 4.79 Å². The molecule has 0 radical (unpaired) electrons. The second-order valence-electron chi connectivity index (χ2n) is 6.74. The number of hydrogen-bond donors (Lipinski definition) is 2. The van der Waals surface area contributed by atoms with Gasteiger partial charge in [0, 0.05) is 56.4 Å². The monoisotopic (exact) mass is 337 g/mol. The van der Waals surface area contributed by atoms with Crippen molar-refractivity contribution < 1.29 is 4.79 Å². The molecule has 1 fully saturated rings. The van der Waals surface area contributed by atoms with E-state index in [1.165, 1.54) is 10.9 Å². The molecule has 2 amide bonds. The van der Waals surface area contributed by atoms with Crippen molar-refractivity contribution in [2.24, 2.45) is 7.05 Å². The SMILES string of the molecule is Cn1cc([C@@H]2CCN(C(=O)NCCc3cc4ccccc4[nH]3)C2)cn1. The first kappa shape index (κ1) is 15.7. The molecule has 6 heteroatoms. The van der Waals surface area contributed by atoms with E-state index in [9.17, 15) is 4.79 Å². The van der Waals surface area contributed by atoms with Crippen molar-refractivity contribution in [2.75, 3.05) is 19.6 Å². The molecule has 1 aliphatic heterocycles. The lowest BCUT2D eigenvalue weighted by Gasteiger charge is -2.17. The summed E-state index contributed by atoms with van der Waals surface area (Å²) in [5.41, 5.74) is 3.51. The summed E-state index contributed by atoms with van der Waals surface area (Å²) in [7, 11) is 1.92. The van der Waals surface area contributed by atoms with Crippen molar-refractivity contribution in [1.29, 1.82) is 0 Å². The standard InChI is InChI=1S/C19H23N5O/c1-23-12-16(11-21-23)15-7-9-24(13-15)19(25)20-8-6-17-10-14-4-2-3-5-18(14)22-17/h2-5,10-12,15,22H,6-9,13H2,1H3,(H,20,25)/t15-/m1/s1. The molecule has 2 N–H and O–H groups in total. The fourth-order valence-electron chi connectivity index (χ4n) is 3.55. The van der Waals surface area contributed by atoms with Gasteiger partial charge in [-0.2, -0.15) is 5.10 Å². The molecule has 0 saturated carbocycles. The van der Waals surface area contributed by atoms with E-state index >= 15 is 0 Å². The first-order valence-corrected chi connectivity index (χ1v) is 8.77. The van der Waals surface area contributed by atoms with Crippen LogP contribution in [0.3, 0.4) is 0 Å². The molecule has 1 saturated heterocycles. The number of H-pyrrole nitrogens is 1. The van der Waals surface area contributed by atoms with E-state index in [2.05, 4.69) is 33.6 Å². The van der Waals surface area contributed by atoms with Gasteiger partial charge in [-0.1, -0.05) is 18.2 Å². The summed E-state index contributed by atoms with van der Waals surface area (Å²) >= 11 is 0. The normalized spacial score (nSPS) is 17.3. The molecule has 0 bridgehead atoms. The van der Waals surface area contributed by atoms with Crippen LogP contribution in [0.15, 0.2) is 42.7 Å². The Labute approximate surface area is 146 Å². The Hall–Kier alpha value is -2.76. The van der Waals surface area contributed by atoms with E-state index in [0.29, 0.717) is 12.5 Å². The topological polar surface area (TPSA) is 66.0 Å². The van der Waals surface area contributed by atoms with Gasteiger partial charge in [-0.15, -0.1) is 0 Å². The third-order valence-corrected chi connectivity index (χ3v) is 4.93. The van der Waals surface area contributed by atoms with Crippen molar-refractivity contribution in [2.45, 2.75) is 18.8 Å². The van der Waals surface area contributed by atoms with Gasteiger partial charge in [0.1, 0.15) is 0 Å². The highest BCUT2D eigenvalue weighted by molar-refractivity contribution is 5.80. The Balaban J connectivity index is 1.28. The zero-order chi connectivity index (χ0) is 17.2. The second kappa shape index (κ2) is 6.63. The van der Waals surface area contributed by atoms with Crippen molar-refractivity contribution in [3.8, 4) is 0 Å². The maximum absolute atomic E-state index is 12.4. The number of carbonyl (C=O) groups excluding carboxylic acids is 1. The van der Waals surface area contributed by atoms with E-state index in [4.69, 9.17) is 0 Å². The molecule has 0 unspecified atom stereocenters. The molecular formula is C19H23N5O. The molecule has 25 heavy (non-hydrogen) atoms. The maximum atomic E-state index is 12.4. The lowest BCUT2D eigenvalue weighted by Crippen LogP contribution is -2.39. The molecule has 1 aliphatic rings. The number of aromatic amines is 1. The van der Waals surface area contributed by atoms with Gasteiger partial charge in [-0.3, -0.25) is 4.68 Å². The van der Waals surface area contributed by atoms with Gasteiger partial charge >= 0.3 is 6.03 Å². The minimum absolute atomic E-state index is 0.0301. The van der Waals surface area contributed by atoms with Crippen LogP contribution in [0, 0.1) is 0 Å². The number of rotatable bonds is 4. The largest absolute Gasteiger partial charge is 0.358 e.